The minimum atomic E-state index is 0.247. The summed E-state index contributed by atoms with van der Waals surface area (Å²) in [6, 6.07) is 0.845. The van der Waals surface area contributed by atoms with E-state index in [-0.39, 0.29) is 6.04 Å². The van der Waals surface area contributed by atoms with Crippen molar-refractivity contribution in [2.45, 2.75) is 31.3 Å². The molecule has 12 heavy (non-hydrogen) atoms. The molecule has 2 aliphatic heterocycles. The third kappa shape index (κ3) is 1.63. The summed E-state index contributed by atoms with van der Waals surface area (Å²) in [4.78, 5) is 2.53. The molecule has 2 aliphatic rings. The minimum absolute atomic E-state index is 0.247. The molecule has 2 saturated heterocycles. The molecular formula is C9H18N2O. The second-order valence-electron chi connectivity index (χ2n) is 3.84. The SMILES string of the molecule is N[C@H]1COCCC1N1CCCC1. The quantitative estimate of drug-likeness (QED) is 0.611. The molecule has 2 atom stereocenters. The van der Waals surface area contributed by atoms with Crippen LogP contribution in [0.15, 0.2) is 0 Å². The molecule has 0 aliphatic carbocycles. The van der Waals surface area contributed by atoms with E-state index in [1.165, 1.54) is 25.9 Å². The Kier molecular flexibility index (Phi) is 2.63. The third-order valence-corrected chi connectivity index (χ3v) is 2.97. The molecule has 3 heteroatoms. The molecule has 0 aromatic carbocycles. The lowest BCUT2D eigenvalue weighted by Crippen LogP contribution is -2.52. The Balaban J connectivity index is 1.91. The molecule has 0 amide bonds. The van der Waals surface area contributed by atoms with Gasteiger partial charge in [-0.25, -0.2) is 0 Å². The first-order valence-corrected chi connectivity index (χ1v) is 4.95. The van der Waals surface area contributed by atoms with Crippen LogP contribution in [0.3, 0.4) is 0 Å². The molecule has 70 valence electrons. The average molecular weight is 170 g/mol. The highest BCUT2D eigenvalue weighted by molar-refractivity contribution is 4.86. The van der Waals surface area contributed by atoms with Crippen molar-refractivity contribution in [3.05, 3.63) is 0 Å². The van der Waals surface area contributed by atoms with E-state index < -0.39 is 0 Å². The fraction of sp³-hybridized carbons (Fsp3) is 1.00. The number of nitrogens with zero attached hydrogens (tertiary/aromatic N) is 1. The molecular weight excluding hydrogens is 152 g/mol. The first kappa shape index (κ1) is 8.48. The van der Waals surface area contributed by atoms with Crippen molar-refractivity contribution in [1.82, 2.24) is 4.90 Å². The fourth-order valence-electron chi connectivity index (χ4n) is 2.28. The predicted octanol–water partition coefficient (Wildman–Crippen LogP) is 0.198. The van der Waals surface area contributed by atoms with Gasteiger partial charge in [0.1, 0.15) is 0 Å². The zero-order valence-corrected chi connectivity index (χ0v) is 7.54. The van der Waals surface area contributed by atoms with Crippen LogP contribution >= 0.6 is 0 Å². The van der Waals surface area contributed by atoms with Gasteiger partial charge < -0.3 is 10.5 Å². The third-order valence-electron chi connectivity index (χ3n) is 2.97. The van der Waals surface area contributed by atoms with Crippen LogP contribution in [0.4, 0.5) is 0 Å². The molecule has 2 N–H and O–H groups in total. The maximum absolute atomic E-state index is 5.99. The molecule has 0 aromatic rings. The lowest BCUT2D eigenvalue weighted by atomic mass is 10.0. The molecule has 0 radical (unpaired) electrons. The highest BCUT2D eigenvalue weighted by Crippen LogP contribution is 2.18. The summed E-state index contributed by atoms with van der Waals surface area (Å²) in [5, 5.41) is 0. The maximum atomic E-state index is 5.99. The second kappa shape index (κ2) is 3.73. The van der Waals surface area contributed by atoms with Crippen molar-refractivity contribution in [2.75, 3.05) is 26.3 Å². The lowest BCUT2D eigenvalue weighted by Gasteiger charge is -2.35. The molecule has 0 spiro atoms. The summed E-state index contributed by atoms with van der Waals surface area (Å²) in [6.45, 7) is 4.15. The summed E-state index contributed by atoms with van der Waals surface area (Å²) >= 11 is 0. The maximum Gasteiger partial charge on any atom is 0.0632 e. The highest BCUT2D eigenvalue weighted by Gasteiger charge is 2.29. The Morgan fingerprint density at radius 2 is 2.00 bits per heavy atom. The van der Waals surface area contributed by atoms with Gasteiger partial charge in [-0.05, 0) is 32.4 Å². The van der Waals surface area contributed by atoms with Crippen LogP contribution < -0.4 is 5.73 Å². The second-order valence-corrected chi connectivity index (χ2v) is 3.84. The Labute approximate surface area is 73.9 Å². The van der Waals surface area contributed by atoms with Crippen molar-refractivity contribution in [2.24, 2.45) is 5.73 Å². The fourth-order valence-corrected chi connectivity index (χ4v) is 2.28. The summed E-state index contributed by atoms with van der Waals surface area (Å²) in [5.41, 5.74) is 5.99. The van der Waals surface area contributed by atoms with Crippen LogP contribution in [0.25, 0.3) is 0 Å². The van der Waals surface area contributed by atoms with Gasteiger partial charge in [0, 0.05) is 18.7 Å². The zero-order valence-electron chi connectivity index (χ0n) is 7.54. The average Bonchev–Trinajstić information content (AvgIpc) is 2.57. The summed E-state index contributed by atoms with van der Waals surface area (Å²) in [6.07, 6.45) is 3.83. The number of likely N-dealkylation sites (tertiary alicyclic amines) is 1. The summed E-state index contributed by atoms with van der Waals surface area (Å²) in [5.74, 6) is 0. The van der Waals surface area contributed by atoms with Gasteiger partial charge in [0.05, 0.1) is 6.61 Å². The van der Waals surface area contributed by atoms with E-state index in [0.29, 0.717) is 6.04 Å². The highest BCUT2D eigenvalue weighted by atomic mass is 16.5. The van der Waals surface area contributed by atoms with Gasteiger partial charge in [0.2, 0.25) is 0 Å². The van der Waals surface area contributed by atoms with E-state index in [9.17, 15) is 0 Å². The van der Waals surface area contributed by atoms with Gasteiger partial charge >= 0.3 is 0 Å². The van der Waals surface area contributed by atoms with Crippen LogP contribution in [0.2, 0.25) is 0 Å². The molecule has 0 saturated carbocycles. The van der Waals surface area contributed by atoms with E-state index in [2.05, 4.69) is 4.90 Å². The number of ether oxygens (including phenoxy) is 1. The van der Waals surface area contributed by atoms with Crippen molar-refractivity contribution in [3.8, 4) is 0 Å². The first-order chi connectivity index (χ1) is 5.88. The molecule has 2 fully saturated rings. The van der Waals surface area contributed by atoms with E-state index in [4.69, 9.17) is 10.5 Å². The standard InChI is InChI=1S/C9H18N2O/c10-8-7-12-6-3-9(8)11-4-1-2-5-11/h8-9H,1-7,10H2/t8-,9?/m0/s1. The van der Waals surface area contributed by atoms with E-state index >= 15 is 0 Å². The van der Waals surface area contributed by atoms with Gasteiger partial charge in [-0.15, -0.1) is 0 Å². The largest absolute Gasteiger partial charge is 0.380 e. The predicted molar refractivity (Wildman–Crippen MR) is 48.0 cm³/mol. The Morgan fingerprint density at radius 3 is 2.67 bits per heavy atom. The van der Waals surface area contributed by atoms with Gasteiger partial charge in [0.25, 0.3) is 0 Å². The van der Waals surface area contributed by atoms with Crippen LogP contribution in [-0.4, -0.2) is 43.3 Å². The molecule has 0 aromatic heterocycles. The first-order valence-electron chi connectivity index (χ1n) is 4.95. The smallest absolute Gasteiger partial charge is 0.0632 e. The molecule has 2 heterocycles. The number of rotatable bonds is 1. The van der Waals surface area contributed by atoms with E-state index in [1.807, 2.05) is 0 Å². The molecule has 3 nitrogen and oxygen atoms in total. The Bertz CT molecular complexity index is 145. The van der Waals surface area contributed by atoms with Crippen molar-refractivity contribution >= 4 is 0 Å². The van der Waals surface area contributed by atoms with Gasteiger partial charge in [-0.3, -0.25) is 4.90 Å². The zero-order chi connectivity index (χ0) is 8.39. The summed E-state index contributed by atoms with van der Waals surface area (Å²) < 4.78 is 5.32. The summed E-state index contributed by atoms with van der Waals surface area (Å²) in [7, 11) is 0. The van der Waals surface area contributed by atoms with Crippen LogP contribution in [0, 0.1) is 0 Å². The number of nitrogens with two attached hydrogens (primary N) is 1. The van der Waals surface area contributed by atoms with Gasteiger partial charge in [0.15, 0.2) is 0 Å². The van der Waals surface area contributed by atoms with Gasteiger partial charge in [-0.1, -0.05) is 0 Å². The minimum Gasteiger partial charge on any atom is -0.380 e. The molecule has 0 bridgehead atoms. The van der Waals surface area contributed by atoms with Crippen LogP contribution in [0.1, 0.15) is 19.3 Å². The normalized spacial score (nSPS) is 38.8. The van der Waals surface area contributed by atoms with E-state index in [1.54, 1.807) is 0 Å². The van der Waals surface area contributed by atoms with Crippen LogP contribution in [0.5, 0.6) is 0 Å². The van der Waals surface area contributed by atoms with Crippen molar-refractivity contribution in [1.29, 1.82) is 0 Å². The Morgan fingerprint density at radius 1 is 1.25 bits per heavy atom. The van der Waals surface area contributed by atoms with E-state index in [0.717, 1.165) is 19.6 Å². The molecule has 2 rings (SSSR count). The van der Waals surface area contributed by atoms with Gasteiger partial charge in [-0.2, -0.15) is 0 Å². The number of hydrogen-bond donors (Lipinski definition) is 1. The number of hydrogen-bond acceptors (Lipinski definition) is 3. The lowest BCUT2D eigenvalue weighted by molar-refractivity contribution is 0.0257. The van der Waals surface area contributed by atoms with Crippen LogP contribution in [-0.2, 0) is 4.74 Å². The Hall–Kier alpha value is -0.120. The van der Waals surface area contributed by atoms with Crippen molar-refractivity contribution < 1.29 is 4.74 Å². The topological polar surface area (TPSA) is 38.5 Å². The van der Waals surface area contributed by atoms with Crippen molar-refractivity contribution in [3.63, 3.8) is 0 Å². The molecule has 1 unspecified atom stereocenters. The monoisotopic (exact) mass is 170 g/mol.